The van der Waals surface area contributed by atoms with Crippen LogP contribution >= 0.6 is 11.6 Å². The Morgan fingerprint density at radius 1 is 1.33 bits per heavy atom. The number of fused-ring (bicyclic) bond motifs is 1. The van der Waals surface area contributed by atoms with Crippen molar-refractivity contribution in [2.45, 2.75) is 32.5 Å². The molecule has 2 aromatic rings. The first-order valence-electron chi connectivity index (χ1n) is 9.33. The first kappa shape index (κ1) is 19.9. The van der Waals surface area contributed by atoms with Gasteiger partial charge in [-0.1, -0.05) is 11.6 Å². The van der Waals surface area contributed by atoms with Gasteiger partial charge >= 0.3 is 0 Å². The highest BCUT2D eigenvalue weighted by atomic mass is 35.5. The molecule has 0 radical (unpaired) electrons. The number of aromatic nitrogens is 1. The molecule has 3 rings (SSSR count). The Morgan fingerprint density at radius 3 is 2.89 bits per heavy atom. The number of halogens is 1. The Kier molecular flexibility index (Phi) is 6.88. The van der Waals surface area contributed by atoms with E-state index in [0.717, 1.165) is 31.4 Å². The maximum absolute atomic E-state index is 12.1. The molecule has 27 heavy (non-hydrogen) atoms. The van der Waals surface area contributed by atoms with Gasteiger partial charge in [0.15, 0.2) is 6.61 Å². The number of morpholine rings is 1. The molecule has 7 heteroatoms. The van der Waals surface area contributed by atoms with Crippen molar-refractivity contribution in [3.8, 4) is 5.75 Å². The molecule has 0 aliphatic carbocycles. The van der Waals surface area contributed by atoms with E-state index in [1.165, 1.54) is 0 Å². The highest BCUT2D eigenvalue weighted by Crippen LogP contribution is 2.29. The van der Waals surface area contributed by atoms with Crippen molar-refractivity contribution < 1.29 is 14.3 Å². The van der Waals surface area contributed by atoms with E-state index in [1.807, 2.05) is 12.1 Å². The van der Waals surface area contributed by atoms with Gasteiger partial charge in [-0.25, -0.2) is 0 Å². The van der Waals surface area contributed by atoms with E-state index >= 15 is 0 Å². The second kappa shape index (κ2) is 9.35. The fourth-order valence-electron chi connectivity index (χ4n) is 3.42. The van der Waals surface area contributed by atoms with E-state index < -0.39 is 0 Å². The maximum atomic E-state index is 12.1. The summed E-state index contributed by atoms with van der Waals surface area (Å²) in [4.78, 5) is 18.7. The topological polar surface area (TPSA) is 63.7 Å². The quantitative estimate of drug-likeness (QED) is 0.735. The van der Waals surface area contributed by atoms with Crippen LogP contribution < -0.4 is 10.1 Å². The first-order chi connectivity index (χ1) is 13.0. The number of nitrogens with one attached hydrogen (secondary N) is 1. The number of nitrogens with zero attached hydrogens (tertiary/aromatic N) is 2. The lowest BCUT2D eigenvalue weighted by Crippen LogP contribution is -2.46. The molecule has 0 spiro atoms. The smallest absolute Gasteiger partial charge is 0.257 e. The van der Waals surface area contributed by atoms with Gasteiger partial charge in [0, 0.05) is 37.8 Å². The van der Waals surface area contributed by atoms with E-state index in [0.29, 0.717) is 22.8 Å². The van der Waals surface area contributed by atoms with Crippen LogP contribution in [0, 0.1) is 0 Å². The normalized spacial score (nSPS) is 20.6. The van der Waals surface area contributed by atoms with Crippen LogP contribution in [-0.2, 0) is 9.53 Å². The predicted molar refractivity (Wildman–Crippen MR) is 106 cm³/mol. The number of carbonyl (C=O) groups is 1. The molecular formula is C20H26ClN3O3. The monoisotopic (exact) mass is 391 g/mol. The Bertz CT molecular complexity index is 776. The van der Waals surface area contributed by atoms with Crippen molar-refractivity contribution in [1.29, 1.82) is 0 Å². The summed E-state index contributed by atoms with van der Waals surface area (Å²) < 4.78 is 11.4. The van der Waals surface area contributed by atoms with E-state index in [9.17, 15) is 4.79 Å². The SMILES string of the molecule is CC1CN(CCCNC(=O)COc2ccc(Cl)c3cccnc23)CC(C)O1. The highest BCUT2D eigenvalue weighted by molar-refractivity contribution is 6.35. The summed E-state index contributed by atoms with van der Waals surface area (Å²) in [7, 11) is 0. The van der Waals surface area contributed by atoms with E-state index in [4.69, 9.17) is 21.1 Å². The number of hydrogen-bond acceptors (Lipinski definition) is 5. The van der Waals surface area contributed by atoms with Gasteiger partial charge in [0.1, 0.15) is 11.3 Å². The molecule has 1 aromatic heterocycles. The standard InChI is InChI=1S/C20H26ClN3O3/c1-14-11-24(12-15(2)27-14)10-4-9-22-19(25)13-26-18-7-6-17(21)16-5-3-8-23-20(16)18/h3,5-8,14-15H,4,9-13H2,1-2H3,(H,22,25). The molecule has 1 fully saturated rings. The fraction of sp³-hybridized carbons (Fsp3) is 0.500. The molecule has 1 amide bonds. The average molecular weight is 392 g/mol. The molecule has 1 aromatic carbocycles. The number of rotatable bonds is 7. The molecule has 1 aliphatic rings. The summed E-state index contributed by atoms with van der Waals surface area (Å²) >= 11 is 6.17. The zero-order valence-electron chi connectivity index (χ0n) is 15.8. The van der Waals surface area contributed by atoms with Crippen LogP contribution in [0.2, 0.25) is 5.02 Å². The number of amides is 1. The summed E-state index contributed by atoms with van der Waals surface area (Å²) in [6.07, 6.45) is 3.11. The zero-order chi connectivity index (χ0) is 19.2. The average Bonchev–Trinajstić information content (AvgIpc) is 2.64. The molecule has 0 saturated carbocycles. The first-order valence-corrected chi connectivity index (χ1v) is 9.71. The van der Waals surface area contributed by atoms with Gasteiger partial charge in [0.25, 0.3) is 5.91 Å². The Labute approximate surface area is 164 Å². The third kappa shape index (κ3) is 5.54. The molecule has 1 N–H and O–H groups in total. The molecular weight excluding hydrogens is 366 g/mol. The third-order valence-electron chi connectivity index (χ3n) is 4.51. The number of carbonyl (C=O) groups excluding carboxylic acids is 1. The second-order valence-electron chi connectivity index (χ2n) is 6.95. The maximum Gasteiger partial charge on any atom is 0.257 e. The lowest BCUT2D eigenvalue weighted by molar-refractivity contribution is -0.123. The Balaban J connectivity index is 1.41. The minimum absolute atomic E-state index is 0.0427. The molecule has 1 saturated heterocycles. The van der Waals surface area contributed by atoms with Crippen molar-refractivity contribution in [3.63, 3.8) is 0 Å². The van der Waals surface area contributed by atoms with Crippen LogP contribution in [-0.4, -0.2) is 60.8 Å². The largest absolute Gasteiger partial charge is 0.481 e. The summed E-state index contributed by atoms with van der Waals surface area (Å²) in [5, 5.41) is 4.33. The third-order valence-corrected chi connectivity index (χ3v) is 4.84. The van der Waals surface area contributed by atoms with E-state index in [1.54, 1.807) is 18.3 Å². The number of hydrogen-bond donors (Lipinski definition) is 1. The number of pyridine rings is 1. The molecule has 2 atom stereocenters. The summed E-state index contributed by atoms with van der Waals surface area (Å²) in [6, 6.07) is 7.19. The Morgan fingerprint density at radius 2 is 2.11 bits per heavy atom. The van der Waals surface area contributed by atoms with E-state index in [2.05, 4.69) is 29.0 Å². The van der Waals surface area contributed by atoms with Crippen molar-refractivity contribution >= 4 is 28.4 Å². The molecule has 2 unspecified atom stereocenters. The van der Waals surface area contributed by atoms with Crippen molar-refractivity contribution in [1.82, 2.24) is 15.2 Å². The van der Waals surface area contributed by atoms with Gasteiger partial charge in [-0.2, -0.15) is 0 Å². The lowest BCUT2D eigenvalue weighted by Gasteiger charge is -2.35. The van der Waals surface area contributed by atoms with Crippen molar-refractivity contribution in [2.75, 3.05) is 32.8 Å². The number of benzene rings is 1. The van der Waals surface area contributed by atoms with Crippen LogP contribution in [0.5, 0.6) is 5.75 Å². The van der Waals surface area contributed by atoms with Crippen molar-refractivity contribution in [3.05, 3.63) is 35.5 Å². The molecule has 1 aliphatic heterocycles. The van der Waals surface area contributed by atoms with Gasteiger partial charge in [0.2, 0.25) is 0 Å². The molecule has 6 nitrogen and oxygen atoms in total. The summed E-state index contributed by atoms with van der Waals surface area (Å²) in [5.41, 5.74) is 0.661. The lowest BCUT2D eigenvalue weighted by atomic mass is 10.2. The molecule has 2 heterocycles. The van der Waals surface area contributed by atoms with Crippen LogP contribution in [0.4, 0.5) is 0 Å². The van der Waals surface area contributed by atoms with Crippen LogP contribution in [0.1, 0.15) is 20.3 Å². The van der Waals surface area contributed by atoms with Crippen molar-refractivity contribution in [2.24, 2.45) is 0 Å². The minimum Gasteiger partial charge on any atom is -0.481 e. The summed E-state index contributed by atoms with van der Waals surface area (Å²) in [5.74, 6) is 0.416. The van der Waals surface area contributed by atoms with Gasteiger partial charge < -0.3 is 14.8 Å². The predicted octanol–water partition coefficient (Wildman–Crippen LogP) is 2.88. The molecule has 146 valence electrons. The summed E-state index contributed by atoms with van der Waals surface area (Å²) in [6.45, 7) is 7.61. The highest BCUT2D eigenvalue weighted by Gasteiger charge is 2.21. The zero-order valence-corrected chi connectivity index (χ0v) is 16.5. The van der Waals surface area contributed by atoms with Crippen LogP contribution in [0.3, 0.4) is 0 Å². The van der Waals surface area contributed by atoms with Gasteiger partial charge in [-0.15, -0.1) is 0 Å². The van der Waals surface area contributed by atoms with E-state index in [-0.39, 0.29) is 24.7 Å². The minimum atomic E-state index is -0.141. The van der Waals surface area contributed by atoms with Crippen LogP contribution in [0.25, 0.3) is 10.9 Å². The van der Waals surface area contributed by atoms with Gasteiger partial charge in [0.05, 0.1) is 17.2 Å². The van der Waals surface area contributed by atoms with Gasteiger partial charge in [-0.3, -0.25) is 14.7 Å². The Hall–Kier alpha value is -1.89. The fourth-order valence-corrected chi connectivity index (χ4v) is 3.64. The van der Waals surface area contributed by atoms with Crippen LogP contribution in [0.15, 0.2) is 30.5 Å². The number of ether oxygens (including phenoxy) is 2. The second-order valence-corrected chi connectivity index (χ2v) is 7.36. The van der Waals surface area contributed by atoms with Gasteiger partial charge in [-0.05, 0) is 44.5 Å². The molecule has 0 bridgehead atoms.